The molecule has 2 aromatic rings. The molecular weight excluding hydrogens is 308 g/mol. The lowest BCUT2D eigenvalue weighted by molar-refractivity contribution is 0.210. The molecule has 130 valence electrons. The Kier molecular flexibility index (Phi) is 5.57. The maximum atomic E-state index is 8.91. The number of hydrogen-bond donors (Lipinski definition) is 1. The van der Waals surface area contributed by atoms with E-state index in [9.17, 15) is 0 Å². The predicted molar refractivity (Wildman–Crippen MR) is 104 cm³/mol. The molecule has 0 aliphatic carbocycles. The number of nitrogens with two attached hydrogens (primary N) is 1. The Bertz CT molecular complexity index is 707. The molecule has 1 heterocycles. The average molecular weight is 334 g/mol. The maximum Gasteiger partial charge on any atom is 0.0991 e. The Balaban J connectivity index is 1.47. The topological polar surface area (TPSA) is 56.3 Å². The molecule has 2 aromatic carbocycles. The van der Waals surface area contributed by atoms with Gasteiger partial charge < -0.3 is 15.5 Å². The highest BCUT2D eigenvalue weighted by molar-refractivity contribution is 5.50. The van der Waals surface area contributed by atoms with Crippen molar-refractivity contribution in [1.82, 2.24) is 4.90 Å². The molecule has 1 aliphatic heterocycles. The number of rotatable bonds is 5. The number of piperidine rings is 1. The van der Waals surface area contributed by atoms with E-state index in [0.717, 1.165) is 37.3 Å². The second-order valence-corrected chi connectivity index (χ2v) is 6.85. The fraction of sp³-hybridized carbons (Fsp3) is 0.381. The van der Waals surface area contributed by atoms with Crippen LogP contribution in [0.15, 0.2) is 48.5 Å². The first kappa shape index (κ1) is 17.3. The van der Waals surface area contributed by atoms with Crippen LogP contribution in [0.5, 0.6) is 0 Å². The highest BCUT2D eigenvalue weighted by atomic mass is 15.2. The lowest BCUT2D eigenvalue weighted by atomic mass is 10.0. The minimum Gasteiger partial charge on any atom is -0.399 e. The largest absolute Gasteiger partial charge is 0.399 e. The van der Waals surface area contributed by atoms with Gasteiger partial charge in [0.15, 0.2) is 0 Å². The molecule has 1 saturated heterocycles. The Morgan fingerprint density at radius 3 is 2.32 bits per heavy atom. The average Bonchev–Trinajstić information content (AvgIpc) is 2.67. The van der Waals surface area contributed by atoms with Crippen molar-refractivity contribution in [3.8, 4) is 6.07 Å². The summed E-state index contributed by atoms with van der Waals surface area (Å²) in [5, 5.41) is 8.91. The SMILES string of the molecule is CN(CCc1ccc(N)cc1)C1CCN(c2ccc(C#N)cc2)CC1. The summed E-state index contributed by atoms with van der Waals surface area (Å²) in [6.07, 6.45) is 3.42. The van der Waals surface area contributed by atoms with Crippen LogP contribution >= 0.6 is 0 Å². The lowest BCUT2D eigenvalue weighted by Crippen LogP contribution is -2.44. The van der Waals surface area contributed by atoms with Gasteiger partial charge in [-0.25, -0.2) is 0 Å². The third-order valence-electron chi connectivity index (χ3n) is 5.18. The molecule has 0 radical (unpaired) electrons. The van der Waals surface area contributed by atoms with Gasteiger partial charge in [0, 0.05) is 37.1 Å². The standard InChI is InChI=1S/C21H26N4/c1-24(13-10-17-2-6-19(23)7-3-17)20-11-14-25(15-12-20)21-8-4-18(16-22)5-9-21/h2-9,20H,10-15,23H2,1H3. The van der Waals surface area contributed by atoms with Crippen LogP contribution in [0, 0.1) is 11.3 Å². The van der Waals surface area contributed by atoms with E-state index in [1.54, 1.807) is 0 Å². The Labute approximate surface area is 150 Å². The van der Waals surface area contributed by atoms with Crippen molar-refractivity contribution < 1.29 is 0 Å². The highest BCUT2D eigenvalue weighted by Gasteiger charge is 2.22. The summed E-state index contributed by atoms with van der Waals surface area (Å²) in [5.41, 5.74) is 9.86. The number of hydrogen-bond acceptors (Lipinski definition) is 4. The number of benzene rings is 2. The van der Waals surface area contributed by atoms with Gasteiger partial charge in [0.05, 0.1) is 11.6 Å². The molecule has 3 rings (SSSR count). The van der Waals surface area contributed by atoms with Gasteiger partial charge in [-0.1, -0.05) is 12.1 Å². The van der Waals surface area contributed by atoms with Gasteiger partial charge in [0.2, 0.25) is 0 Å². The first-order valence-corrected chi connectivity index (χ1v) is 8.95. The molecule has 25 heavy (non-hydrogen) atoms. The fourth-order valence-electron chi connectivity index (χ4n) is 3.48. The zero-order valence-corrected chi connectivity index (χ0v) is 14.9. The van der Waals surface area contributed by atoms with Gasteiger partial charge in [-0.2, -0.15) is 5.26 Å². The van der Waals surface area contributed by atoms with E-state index in [0.29, 0.717) is 6.04 Å². The van der Waals surface area contributed by atoms with E-state index in [2.05, 4.69) is 47.2 Å². The minimum absolute atomic E-state index is 0.642. The highest BCUT2D eigenvalue weighted by Crippen LogP contribution is 2.22. The summed E-state index contributed by atoms with van der Waals surface area (Å²) in [4.78, 5) is 4.91. The minimum atomic E-state index is 0.642. The van der Waals surface area contributed by atoms with Crippen molar-refractivity contribution in [2.45, 2.75) is 25.3 Å². The van der Waals surface area contributed by atoms with Crippen LogP contribution in [0.4, 0.5) is 11.4 Å². The predicted octanol–water partition coefficient (Wildman–Crippen LogP) is 3.28. The van der Waals surface area contributed by atoms with E-state index in [1.165, 1.54) is 24.1 Å². The molecular formula is C21H26N4. The number of nitrogens with zero attached hydrogens (tertiary/aromatic N) is 3. The van der Waals surface area contributed by atoms with Crippen molar-refractivity contribution >= 4 is 11.4 Å². The molecule has 2 N–H and O–H groups in total. The van der Waals surface area contributed by atoms with Crippen molar-refractivity contribution in [3.05, 3.63) is 59.7 Å². The smallest absolute Gasteiger partial charge is 0.0991 e. The summed E-state index contributed by atoms with van der Waals surface area (Å²) in [6.45, 7) is 3.22. The zero-order valence-electron chi connectivity index (χ0n) is 14.9. The monoisotopic (exact) mass is 334 g/mol. The van der Waals surface area contributed by atoms with Gasteiger partial charge in [0.25, 0.3) is 0 Å². The molecule has 0 spiro atoms. The van der Waals surface area contributed by atoms with Gasteiger partial charge in [0.1, 0.15) is 0 Å². The van der Waals surface area contributed by atoms with Crippen LogP contribution in [0.25, 0.3) is 0 Å². The van der Waals surface area contributed by atoms with Crippen LogP contribution in [0.2, 0.25) is 0 Å². The molecule has 4 nitrogen and oxygen atoms in total. The van der Waals surface area contributed by atoms with Gasteiger partial charge in [-0.05, 0) is 68.3 Å². The molecule has 1 fully saturated rings. The molecule has 4 heteroatoms. The molecule has 0 unspecified atom stereocenters. The third-order valence-corrected chi connectivity index (χ3v) is 5.18. The first-order chi connectivity index (χ1) is 12.2. The van der Waals surface area contributed by atoms with Gasteiger partial charge >= 0.3 is 0 Å². The number of nitriles is 1. The molecule has 1 aliphatic rings. The van der Waals surface area contributed by atoms with E-state index < -0.39 is 0 Å². The number of likely N-dealkylation sites (N-methyl/N-ethyl adjacent to an activating group) is 1. The quantitative estimate of drug-likeness (QED) is 0.853. The Morgan fingerprint density at radius 1 is 1.08 bits per heavy atom. The summed E-state index contributed by atoms with van der Waals surface area (Å²) in [6, 6.07) is 18.9. The number of nitrogen functional groups attached to an aromatic ring is 1. The third kappa shape index (κ3) is 4.52. The van der Waals surface area contributed by atoms with Crippen molar-refractivity contribution in [2.75, 3.05) is 37.3 Å². The lowest BCUT2D eigenvalue weighted by Gasteiger charge is -2.38. The van der Waals surface area contributed by atoms with Crippen LogP contribution in [-0.4, -0.2) is 37.6 Å². The zero-order chi connectivity index (χ0) is 17.6. The summed E-state index contributed by atoms with van der Waals surface area (Å²) >= 11 is 0. The molecule has 0 bridgehead atoms. The molecule has 0 amide bonds. The second-order valence-electron chi connectivity index (χ2n) is 6.85. The van der Waals surface area contributed by atoms with Crippen LogP contribution in [0.1, 0.15) is 24.0 Å². The summed E-state index contributed by atoms with van der Waals surface area (Å²) in [5.74, 6) is 0. The molecule has 0 atom stereocenters. The van der Waals surface area contributed by atoms with Gasteiger partial charge in [-0.15, -0.1) is 0 Å². The van der Waals surface area contributed by atoms with E-state index >= 15 is 0 Å². The normalized spacial score (nSPS) is 15.3. The van der Waals surface area contributed by atoms with E-state index in [4.69, 9.17) is 11.0 Å². The van der Waals surface area contributed by atoms with Crippen molar-refractivity contribution in [1.29, 1.82) is 5.26 Å². The van der Waals surface area contributed by atoms with Crippen LogP contribution in [-0.2, 0) is 6.42 Å². The summed E-state index contributed by atoms with van der Waals surface area (Å²) in [7, 11) is 2.24. The maximum absolute atomic E-state index is 8.91. The fourth-order valence-corrected chi connectivity index (χ4v) is 3.48. The van der Waals surface area contributed by atoms with Gasteiger partial charge in [-0.3, -0.25) is 0 Å². The van der Waals surface area contributed by atoms with E-state index in [-0.39, 0.29) is 0 Å². The Morgan fingerprint density at radius 2 is 1.72 bits per heavy atom. The molecule has 0 aromatic heterocycles. The second kappa shape index (κ2) is 8.04. The molecule has 0 saturated carbocycles. The van der Waals surface area contributed by atoms with Crippen LogP contribution < -0.4 is 10.6 Å². The first-order valence-electron chi connectivity index (χ1n) is 8.95. The number of anilines is 2. The summed E-state index contributed by atoms with van der Waals surface area (Å²) < 4.78 is 0. The van der Waals surface area contributed by atoms with E-state index in [1.807, 2.05) is 24.3 Å². The van der Waals surface area contributed by atoms with Crippen molar-refractivity contribution in [3.63, 3.8) is 0 Å². The van der Waals surface area contributed by atoms with Crippen LogP contribution in [0.3, 0.4) is 0 Å². The Hall–Kier alpha value is -2.51. The van der Waals surface area contributed by atoms with Crippen molar-refractivity contribution in [2.24, 2.45) is 0 Å².